The van der Waals surface area contributed by atoms with Crippen LogP contribution in [0, 0.1) is 10.8 Å². The maximum atomic E-state index is 12.8. The van der Waals surface area contributed by atoms with E-state index in [4.69, 9.17) is 9.47 Å². The summed E-state index contributed by atoms with van der Waals surface area (Å²) < 4.78 is 10.9. The van der Waals surface area contributed by atoms with Crippen molar-refractivity contribution in [2.75, 3.05) is 13.7 Å². The number of rotatable bonds is 7. The number of hydrogen-bond acceptors (Lipinski definition) is 3. The molecular weight excluding hydrogens is 276 g/mol. The van der Waals surface area contributed by atoms with Gasteiger partial charge in [-0.1, -0.05) is 52.3 Å². The van der Waals surface area contributed by atoms with E-state index in [1.807, 2.05) is 31.2 Å². The Balaban J connectivity index is 3.32. The third kappa shape index (κ3) is 3.82. The van der Waals surface area contributed by atoms with Crippen LogP contribution in [-0.4, -0.2) is 19.7 Å². The third-order valence-electron chi connectivity index (χ3n) is 4.46. The number of hydrogen-bond donors (Lipinski definition) is 0. The van der Waals surface area contributed by atoms with E-state index in [1.54, 1.807) is 7.11 Å². The molecule has 1 aromatic rings. The molecule has 3 heteroatoms. The number of carbonyl (C=O) groups excluding carboxylic acids is 1. The average Bonchev–Trinajstić information content (AvgIpc) is 2.46. The molecule has 0 saturated heterocycles. The normalized spacial score (nSPS) is 14.3. The zero-order valence-corrected chi connectivity index (χ0v) is 14.9. The Labute approximate surface area is 135 Å². The number of esters is 1. The van der Waals surface area contributed by atoms with E-state index in [-0.39, 0.29) is 11.4 Å². The fraction of sp³-hybridized carbons (Fsp3) is 0.632. The largest absolute Gasteiger partial charge is 0.496 e. The highest BCUT2D eigenvalue weighted by Gasteiger charge is 2.49. The summed E-state index contributed by atoms with van der Waals surface area (Å²) >= 11 is 0. The fourth-order valence-electron chi connectivity index (χ4n) is 3.08. The van der Waals surface area contributed by atoms with Gasteiger partial charge in [0.15, 0.2) is 0 Å². The van der Waals surface area contributed by atoms with Crippen LogP contribution in [0.15, 0.2) is 24.3 Å². The van der Waals surface area contributed by atoms with Crippen molar-refractivity contribution in [3.8, 4) is 5.75 Å². The Bertz CT molecular complexity index is 488. The molecule has 1 rings (SSSR count). The van der Waals surface area contributed by atoms with Gasteiger partial charge >= 0.3 is 5.97 Å². The summed E-state index contributed by atoms with van der Waals surface area (Å²) in [4.78, 5) is 12.8. The van der Waals surface area contributed by atoms with Crippen LogP contribution in [0.1, 0.15) is 53.0 Å². The first kappa shape index (κ1) is 18.5. The molecule has 0 aliphatic rings. The smallest absolute Gasteiger partial charge is 0.312 e. The summed E-state index contributed by atoms with van der Waals surface area (Å²) in [6.07, 6.45) is 2.37. The molecule has 0 amide bonds. The highest BCUT2D eigenvalue weighted by molar-refractivity contribution is 5.78. The molecule has 124 valence electrons. The highest BCUT2D eigenvalue weighted by Crippen LogP contribution is 2.47. The van der Waals surface area contributed by atoms with Gasteiger partial charge in [0.25, 0.3) is 0 Å². The molecule has 0 bridgehead atoms. The van der Waals surface area contributed by atoms with Crippen LogP contribution in [0.3, 0.4) is 0 Å². The maximum Gasteiger partial charge on any atom is 0.312 e. The monoisotopic (exact) mass is 306 g/mol. The van der Waals surface area contributed by atoms with E-state index >= 15 is 0 Å². The van der Waals surface area contributed by atoms with Gasteiger partial charge in [0.05, 0.1) is 19.1 Å². The Kier molecular flexibility index (Phi) is 6.46. The number of carbonyl (C=O) groups is 1. The van der Waals surface area contributed by atoms with Crippen LogP contribution in [-0.2, 0) is 16.0 Å². The van der Waals surface area contributed by atoms with Gasteiger partial charge in [-0.05, 0) is 36.8 Å². The minimum atomic E-state index is -0.549. The first-order chi connectivity index (χ1) is 10.3. The van der Waals surface area contributed by atoms with Gasteiger partial charge in [0.2, 0.25) is 0 Å². The lowest BCUT2D eigenvalue weighted by atomic mass is 9.61. The van der Waals surface area contributed by atoms with Gasteiger partial charge in [0, 0.05) is 0 Å². The van der Waals surface area contributed by atoms with Crippen LogP contribution < -0.4 is 4.74 Å². The Morgan fingerprint density at radius 3 is 2.27 bits per heavy atom. The molecule has 0 radical (unpaired) electrons. The van der Waals surface area contributed by atoms with E-state index in [9.17, 15) is 4.79 Å². The lowest BCUT2D eigenvalue weighted by Gasteiger charge is -2.43. The third-order valence-corrected chi connectivity index (χ3v) is 4.46. The Morgan fingerprint density at radius 1 is 1.14 bits per heavy atom. The topological polar surface area (TPSA) is 35.5 Å². The molecule has 1 atom stereocenters. The zero-order valence-electron chi connectivity index (χ0n) is 14.9. The molecule has 22 heavy (non-hydrogen) atoms. The van der Waals surface area contributed by atoms with E-state index in [2.05, 4.69) is 27.7 Å². The summed E-state index contributed by atoms with van der Waals surface area (Å²) in [7, 11) is 1.67. The van der Waals surface area contributed by atoms with E-state index in [1.165, 1.54) is 0 Å². The number of para-hydroxylation sites is 1. The molecule has 0 aliphatic carbocycles. The van der Waals surface area contributed by atoms with Crippen molar-refractivity contribution in [3.63, 3.8) is 0 Å². The van der Waals surface area contributed by atoms with Gasteiger partial charge in [-0.25, -0.2) is 0 Å². The van der Waals surface area contributed by atoms with Crippen LogP contribution in [0.2, 0.25) is 0 Å². The van der Waals surface area contributed by atoms with Crippen LogP contribution in [0.25, 0.3) is 0 Å². The average molecular weight is 306 g/mol. The second kappa shape index (κ2) is 7.66. The quantitative estimate of drug-likeness (QED) is 0.689. The van der Waals surface area contributed by atoms with Crippen LogP contribution in [0.5, 0.6) is 5.75 Å². The minimum absolute atomic E-state index is 0.102. The van der Waals surface area contributed by atoms with Crippen LogP contribution in [0.4, 0.5) is 0 Å². The van der Waals surface area contributed by atoms with Crippen molar-refractivity contribution in [1.29, 1.82) is 0 Å². The second-order valence-electron chi connectivity index (χ2n) is 6.79. The lowest BCUT2D eigenvalue weighted by molar-refractivity contribution is -0.164. The molecule has 0 aromatic heterocycles. The maximum absolute atomic E-state index is 12.8. The number of ether oxygens (including phenoxy) is 2. The molecule has 0 heterocycles. The Hall–Kier alpha value is -1.51. The fourth-order valence-corrected chi connectivity index (χ4v) is 3.08. The second-order valence-corrected chi connectivity index (χ2v) is 6.79. The van der Waals surface area contributed by atoms with Crippen molar-refractivity contribution in [2.24, 2.45) is 10.8 Å². The highest BCUT2D eigenvalue weighted by atomic mass is 16.5. The van der Waals surface area contributed by atoms with Gasteiger partial charge in [-0.15, -0.1) is 0 Å². The van der Waals surface area contributed by atoms with Crippen LogP contribution >= 0.6 is 0 Å². The van der Waals surface area contributed by atoms with E-state index in [0.717, 1.165) is 24.2 Å². The first-order valence-corrected chi connectivity index (χ1v) is 8.11. The van der Waals surface area contributed by atoms with E-state index < -0.39 is 5.41 Å². The van der Waals surface area contributed by atoms with Crippen molar-refractivity contribution in [1.82, 2.24) is 0 Å². The van der Waals surface area contributed by atoms with Gasteiger partial charge in [0.1, 0.15) is 5.75 Å². The number of benzene rings is 1. The van der Waals surface area contributed by atoms with Gasteiger partial charge in [-0.3, -0.25) is 4.79 Å². The SMILES string of the molecule is CCCC(Cc1ccccc1OC)(C(=O)OCC)C(C)(C)C. The number of methoxy groups -OCH3 is 1. The lowest BCUT2D eigenvalue weighted by Crippen LogP contribution is -2.46. The van der Waals surface area contributed by atoms with Crippen molar-refractivity contribution >= 4 is 5.97 Å². The molecule has 0 N–H and O–H groups in total. The summed E-state index contributed by atoms with van der Waals surface area (Å²) in [5.74, 6) is 0.729. The molecule has 0 saturated carbocycles. The van der Waals surface area contributed by atoms with Gasteiger partial charge in [-0.2, -0.15) is 0 Å². The summed E-state index contributed by atoms with van der Waals surface area (Å²) in [5, 5.41) is 0. The standard InChI is InChI=1S/C19H30O3/c1-7-13-19(18(3,4)5,17(20)22-8-2)14-15-11-9-10-12-16(15)21-6/h9-12H,7-8,13-14H2,1-6H3. The molecule has 1 aromatic carbocycles. The van der Waals surface area contributed by atoms with Crippen molar-refractivity contribution in [2.45, 2.75) is 53.9 Å². The van der Waals surface area contributed by atoms with Crippen molar-refractivity contribution in [3.05, 3.63) is 29.8 Å². The molecule has 0 spiro atoms. The predicted molar refractivity (Wildman–Crippen MR) is 90.1 cm³/mol. The molecular formula is C19H30O3. The van der Waals surface area contributed by atoms with Crippen molar-refractivity contribution < 1.29 is 14.3 Å². The molecule has 0 aliphatic heterocycles. The summed E-state index contributed by atoms with van der Waals surface area (Å²) in [6.45, 7) is 10.7. The predicted octanol–water partition coefficient (Wildman–Crippen LogP) is 4.63. The van der Waals surface area contributed by atoms with E-state index in [0.29, 0.717) is 13.0 Å². The summed E-state index contributed by atoms with van der Waals surface area (Å²) in [5.41, 5.74) is 0.309. The zero-order chi connectivity index (χ0) is 16.8. The minimum Gasteiger partial charge on any atom is -0.496 e. The Morgan fingerprint density at radius 2 is 1.77 bits per heavy atom. The summed E-state index contributed by atoms with van der Waals surface area (Å²) in [6, 6.07) is 7.92. The van der Waals surface area contributed by atoms with Gasteiger partial charge < -0.3 is 9.47 Å². The molecule has 0 fully saturated rings. The molecule has 3 nitrogen and oxygen atoms in total. The molecule has 1 unspecified atom stereocenters. The first-order valence-electron chi connectivity index (χ1n) is 8.11.